The quantitative estimate of drug-likeness (QED) is 0.761. The van der Waals surface area contributed by atoms with E-state index in [4.69, 9.17) is 9.47 Å². The first-order chi connectivity index (χ1) is 9.29. The highest BCUT2D eigenvalue weighted by Crippen LogP contribution is 2.17. The summed E-state index contributed by atoms with van der Waals surface area (Å²) < 4.78 is 10.4. The molecule has 0 aliphatic carbocycles. The van der Waals surface area contributed by atoms with Crippen LogP contribution in [-0.2, 0) is 16.0 Å². The summed E-state index contributed by atoms with van der Waals surface area (Å²) in [5.41, 5.74) is 0. The van der Waals surface area contributed by atoms with Crippen molar-refractivity contribution in [3.05, 3.63) is 46.9 Å². The molecule has 0 bridgehead atoms. The van der Waals surface area contributed by atoms with Gasteiger partial charge in [0.25, 0.3) is 0 Å². The summed E-state index contributed by atoms with van der Waals surface area (Å²) >= 11 is 1.63. The van der Waals surface area contributed by atoms with Crippen molar-refractivity contribution in [1.29, 1.82) is 0 Å². The van der Waals surface area contributed by atoms with Crippen LogP contribution in [0.1, 0.15) is 4.88 Å². The summed E-state index contributed by atoms with van der Waals surface area (Å²) in [6.07, 6.45) is 3.93. The summed E-state index contributed by atoms with van der Waals surface area (Å²) in [4.78, 5) is 16.9. The van der Waals surface area contributed by atoms with Crippen molar-refractivity contribution in [2.24, 2.45) is 5.92 Å². The fraction of sp³-hybridized carbons (Fsp3) is 0.286. The maximum atomic E-state index is 11.7. The van der Waals surface area contributed by atoms with Crippen LogP contribution in [-0.4, -0.2) is 24.7 Å². The van der Waals surface area contributed by atoms with Gasteiger partial charge in [-0.15, -0.1) is 11.3 Å². The molecule has 19 heavy (non-hydrogen) atoms. The summed E-state index contributed by atoms with van der Waals surface area (Å²) in [7, 11) is 1.40. The van der Waals surface area contributed by atoms with E-state index in [1.165, 1.54) is 7.11 Å². The number of aromatic nitrogens is 1. The molecule has 0 aliphatic heterocycles. The average molecular weight is 277 g/mol. The zero-order chi connectivity index (χ0) is 13.5. The third-order valence-electron chi connectivity index (χ3n) is 2.65. The molecule has 0 amide bonds. The molecule has 0 spiro atoms. The standard InChI is InChI=1S/C14H15NO3S/c1-17-14(16)11(8-13-5-3-7-19-13)10-18-12-4-2-6-15-9-12/h2-7,9,11H,8,10H2,1H3. The summed E-state index contributed by atoms with van der Waals surface area (Å²) in [6, 6.07) is 7.58. The van der Waals surface area contributed by atoms with E-state index in [0.29, 0.717) is 12.2 Å². The second kappa shape index (κ2) is 6.89. The van der Waals surface area contributed by atoms with Crippen LogP contribution in [0.2, 0.25) is 0 Å². The number of hydrogen-bond donors (Lipinski definition) is 0. The van der Waals surface area contributed by atoms with E-state index in [0.717, 1.165) is 4.88 Å². The molecule has 0 N–H and O–H groups in total. The predicted octanol–water partition coefficient (Wildman–Crippen LogP) is 2.55. The molecule has 1 atom stereocenters. The monoisotopic (exact) mass is 277 g/mol. The first-order valence-electron chi connectivity index (χ1n) is 5.92. The lowest BCUT2D eigenvalue weighted by atomic mass is 10.1. The van der Waals surface area contributed by atoms with Gasteiger partial charge in [-0.05, 0) is 30.0 Å². The van der Waals surface area contributed by atoms with Gasteiger partial charge in [0.2, 0.25) is 0 Å². The van der Waals surface area contributed by atoms with E-state index in [2.05, 4.69) is 4.98 Å². The van der Waals surface area contributed by atoms with Crippen molar-refractivity contribution in [1.82, 2.24) is 4.98 Å². The van der Waals surface area contributed by atoms with Crippen molar-refractivity contribution in [3.63, 3.8) is 0 Å². The molecule has 2 rings (SSSR count). The SMILES string of the molecule is COC(=O)C(COc1cccnc1)Cc1cccs1. The number of pyridine rings is 1. The van der Waals surface area contributed by atoms with E-state index in [-0.39, 0.29) is 18.5 Å². The molecule has 100 valence electrons. The number of methoxy groups -OCH3 is 1. The van der Waals surface area contributed by atoms with E-state index in [1.54, 1.807) is 29.8 Å². The van der Waals surface area contributed by atoms with Crippen LogP contribution in [0.5, 0.6) is 5.75 Å². The Kier molecular flexibility index (Phi) is 4.92. The fourth-order valence-corrected chi connectivity index (χ4v) is 2.46. The van der Waals surface area contributed by atoms with Gasteiger partial charge in [-0.3, -0.25) is 9.78 Å². The Hall–Kier alpha value is -1.88. The van der Waals surface area contributed by atoms with Gasteiger partial charge in [0, 0.05) is 11.1 Å². The summed E-state index contributed by atoms with van der Waals surface area (Å²) in [6.45, 7) is 0.288. The molecule has 5 heteroatoms. The topological polar surface area (TPSA) is 48.4 Å². The summed E-state index contributed by atoms with van der Waals surface area (Å²) in [5.74, 6) is 0.101. The van der Waals surface area contributed by atoms with Gasteiger partial charge in [-0.25, -0.2) is 0 Å². The lowest BCUT2D eigenvalue weighted by Crippen LogP contribution is -2.25. The molecule has 0 aromatic carbocycles. The van der Waals surface area contributed by atoms with Crippen LogP contribution >= 0.6 is 11.3 Å². The Morgan fingerprint density at radius 2 is 2.32 bits per heavy atom. The third-order valence-corrected chi connectivity index (χ3v) is 3.55. The van der Waals surface area contributed by atoms with Gasteiger partial charge < -0.3 is 9.47 Å². The Bertz CT molecular complexity index is 499. The van der Waals surface area contributed by atoms with Gasteiger partial charge >= 0.3 is 5.97 Å². The Balaban J connectivity index is 1.96. The van der Waals surface area contributed by atoms with Crippen LogP contribution in [0.15, 0.2) is 42.0 Å². The van der Waals surface area contributed by atoms with Gasteiger partial charge in [0.05, 0.1) is 19.2 Å². The first-order valence-corrected chi connectivity index (χ1v) is 6.80. The van der Waals surface area contributed by atoms with Crippen LogP contribution in [0, 0.1) is 5.92 Å². The van der Waals surface area contributed by atoms with Crippen molar-refractivity contribution in [2.75, 3.05) is 13.7 Å². The molecule has 2 aromatic rings. The smallest absolute Gasteiger partial charge is 0.312 e. The molecule has 2 aromatic heterocycles. The highest BCUT2D eigenvalue weighted by molar-refractivity contribution is 7.09. The van der Waals surface area contributed by atoms with Crippen molar-refractivity contribution in [2.45, 2.75) is 6.42 Å². The lowest BCUT2D eigenvalue weighted by molar-refractivity contribution is -0.146. The van der Waals surface area contributed by atoms with E-state index in [1.807, 2.05) is 23.6 Å². The molecule has 0 fully saturated rings. The molecule has 4 nitrogen and oxygen atoms in total. The van der Waals surface area contributed by atoms with Crippen molar-refractivity contribution in [3.8, 4) is 5.75 Å². The number of esters is 1. The molecular formula is C14H15NO3S. The molecule has 0 saturated heterocycles. The Labute approximate surface area is 116 Å². The highest BCUT2D eigenvalue weighted by Gasteiger charge is 2.21. The number of nitrogens with zero attached hydrogens (tertiary/aromatic N) is 1. The van der Waals surface area contributed by atoms with Gasteiger partial charge in [-0.1, -0.05) is 6.07 Å². The Morgan fingerprint density at radius 3 is 2.95 bits per heavy atom. The van der Waals surface area contributed by atoms with Gasteiger partial charge in [0.15, 0.2) is 0 Å². The third kappa shape index (κ3) is 4.06. The minimum Gasteiger partial charge on any atom is -0.491 e. The zero-order valence-electron chi connectivity index (χ0n) is 10.6. The Morgan fingerprint density at radius 1 is 1.42 bits per heavy atom. The molecule has 1 unspecified atom stereocenters. The van der Waals surface area contributed by atoms with Crippen LogP contribution < -0.4 is 4.74 Å². The molecule has 0 radical (unpaired) electrons. The molecular weight excluding hydrogens is 262 g/mol. The van der Waals surface area contributed by atoms with Crippen molar-refractivity contribution < 1.29 is 14.3 Å². The lowest BCUT2D eigenvalue weighted by Gasteiger charge is -2.14. The number of rotatable bonds is 6. The van der Waals surface area contributed by atoms with E-state index >= 15 is 0 Å². The predicted molar refractivity (Wildman–Crippen MR) is 73.3 cm³/mol. The van der Waals surface area contributed by atoms with Crippen LogP contribution in [0.4, 0.5) is 0 Å². The van der Waals surface area contributed by atoms with Gasteiger partial charge in [-0.2, -0.15) is 0 Å². The largest absolute Gasteiger partial charge is 0.491 e. The van der Waals surface area contributed by atoms with Crippen molar-refractivity contribution >= 4 is 17.3 Å². The number of carbonyl (C=O) groups excluding carboxylic acids is 1. The fourth-order valence-electron chi connectivity index (χ4n) is 1.68. The number of thiophene rings is 1. The van der Waals surface area contributed by atoms with Crippen LogP contribution in [0.3, 0.4) is 0 Å². The molecule has 0 aliphatic rings. The van der Waals surface area contributed by atoms with E-state index in [9.17, 15) is 4.79 Å². The number of ether oxygens (including phenoxy) is 2. The number of carbonyl (C=O) groups is 1. The highest BCUT2D eigenvalue weighted by atomic mass is 32.1. The first kappa shape index (κ1) is 13.5. The number of hydrogen-bond acceptors (Lipinski definition) is 5. The maximum absolute atomic E-state index is 11.7. The minimum atomic E-state index is -0.302. The second-order valence-corrected chi connectivity index (χ2v) is 5.04. The molecule has 2 heterocycles. The normalized spacial score (nSPS) is 11.8. The minimum absolute atomic E-state index is 0.253. The average Bonchev–Trinajstić information content (AvgIpc) is 2.96. The maximum Gasteiger partial charge on any atom is 0.312 e. The van der Waals surface area contributed by atoms with Crippen LogP contribution in [0.25, 0.3) is 0 Å². The second-order valence-electron chi connectivity index (χ2n) is 4.00. The van der Waals surface area contributed by atoms with Gasteiger partial charge in [0.1, 0.15) is 12.4 Å². The summed E-state index contributed by atoms with van der Waals surface area (Å²) in [5, 5.41) is 1.99. The van der Waals surface area contributed by atoms with E-state index < -0.39 is 0 Å². The zero-order valence-corrected chi connectivity index (χ0v) is 11.4. The molecule has 0 saturated carbocycles.